The lowest BCUT2D eigenvalue weighted by molar-refractivity contribution is -0.140. The zero-order chi connectivity index (χ0) is 35.6. The van der Waals surface area contributed by atoms with Crippen molar-refractivity contribution in [2.45, 2.75) is 125 Å². The van der Waals surface area contributed by atoms with Crippen LogP contribution >= 0.6 is 35.8 Å². The Morgan fingerprint density at radius 2 is 1.60 bits per heavy atom. The zero-order valence-electron chi connectivity index (χ0n) is 28.3. The van der Waals surface area contributed by atoms with E-state index in [9.17, 15) is 27.7 Å². The van der Waals surface area contributed by atoms with Crippen LogP contribution in [0, 0.1) is 17.6 Å². The predicted molar refractivity (Wildman–Crippen MR) is 192 cm³/mol. The SMILES string of the molecule is CC1CCCCCCCC(NC(=O)OC2CCCC2)C(=O)N2CC(OSc3ccc(Br)cc3)CC2C(=O)NC1[P+](=O)Cc1c(F)cccc1F. The molecule has 14 heteroatoms. The van der Waals surface area contributed by atoms with Crippen molar-refractivity contribution in [2.75, 3.05) is 6.54 Å². The molecule has 272 valence electrons. The van der Waals surface area contributed by atoms with Crippen LogP contribution in [0.4, 0.5) is 13.6 Å². The van der Waals surface area contributed by atoms with Gasteiger partial charge < -0.3 is 24.5 Å². The maximum atomic E-state index is 14.6. The monoisotopic (exact) mass is 796 g/mol. The first-order valence-corrected chi connectivity index (χ1v) is 20.7. The second-order valence-corrected chi connectivity index (χ2v) is 17.0. The van der Waals surface area contributed by atoms with E-state index in [4.69, 9.17) is 8.92 Å². The van der Waals surface area contributed by atoms with E-state index in [1.165, 1.54) is 11.0 Å². The minimum Gasteiger partial charge on any atom is -0.446 e. The van der Waals surface area contributed by atoms with Crippen molar-refractivity contribution in [1.29, 1.82) is 0 Å². The van der Waals surface area contributed by atoms with Crippen LogP contribution in [-0.4, -0.2) is 59.4 Å². The van der Waals surface area contributed by atoms with Gasteiger partial charge in [-0.3, -0.25) is 9.59 Å². The van der Waals surface area contributed by atoms with Crippen molar-refractivity contribution >= 4 is 53.7 Å². The number of fused-ring (bicyclic) bond motifs is 1. The third-order valence-electron chi connectivity index (χ3n) is 9.78. The molecule has 6 unspecified atom stereocenters. The summed E-state index contributed by atoms with van der Waals surface area (Å²) in [6.07, 6.45) is 7.22. The number of alkyl carbamates (subject to hydrolysis) is 1. The highest BCUT2D eigenvalue weighted by Crippen LogP contribution is 2.39. The molecule has 3 aliphatic rings. The number of amides is 3. The smallest absolute Gasteiger partial charge is 0.408 e. The van der Waals surface area contributed by atoms with E-state index in [2.05, 4.69) is 26.6 Å². The Labute approximate surface area is 306 Å². The Balaban J connectivity index is 1.39. The average Bonchev–Trinajstić information content (AvgIpc) is 3.77. The molecule has 2 N–H and O–H groups in total. The third-order valence-corrected chi connectivity index (χ3v) is 13.0. The Morgan fingerprint density at radius 3 is 2.30 bits per heavy atom. The molecule has 1 saturated carbocycles. The van der Waals surface area contributed by atoms with Crippen LogP contribution in [0.25, 0.3) is 0 Å². The van der Waals surface area contributed by atoms with E-state index in [0.717, 1.165) is 84.9 Å². The molecule has 3 amide bonds. The lowest BCUT2D eigenvalue weighted by Gasteiger charge is -2.29. The normalized spacial score (nSPS) is 26.0. The maximum absolute atomic E-state index is 14.6. The van der Waals surface area contributed by atoms with Gasteiger partial charge in [-0.2, -0.15) is 0 Å². The maximum Gasteiger partial charge on any atom is 0.408 e. The highest BCUT2D eigenvalue weighted by atomic mass is 79.9. The molecule has 2 aromatic rings. The highest BCUT2D eigenvalue weighted by molar-refractivity contribution is 9.10. The molecule has 6 atom stereocenters. The van der Waals surface area contributed by atoms with Gasteiger partial charge in [-0.1, -0.05) is 65.6 Å². The number of hydrogen-bond acceptors (Lipinski definition) is 7. The fourth-order valence-corrected chi connectivity index (χ4v) is 9.64. The highest BCUT2D eigenvalue weighted by Gasteiger charge is 2.46. The fourth-order valence-electron chi connectivity index (χ4n) is 6.95. The molecule has 0 aromatic heterocycles. The molecule has 2 aromatic carbocycles. The Hall–Kier alpha value is -2.60. The van der Waals surface area contributed by atoms with E-state index in [-0.39, 0.29) is 36.7 Å². The first-order chi connectivity index (χ1) is 24.1. The van der Waals surface area contributed by atoms with Gasteiger partial charge in [0.15, 0.2) is 6.16 Å². The van der Waals surface area contributed by atoms with Crippen LogP contribution in [0.1, 0.15) is 89.5 Å². The summed E-state index contributed by atoms with van der Waals surface area (Å²) in [5.74, 6) is -3.64. The molecule has 0 bridgehead atoms. The molecule has 1 aliphatic carbocycles. The molecular formula is C36H46BrF2N3O6PS+. The lowest BCUT2D eigenvalue weighted by atomic mass is 10.0. The van der Waals surface area contributed by atoms with Crippen molar-refractivity contribution in [3.8, 4) is 0 Å². The molecular weight excluding hydrogens is 751 g/mol. The number of nitrogens with zero attached hydrogens (tertiary/aromatic N) is 1. The summed E-state index contributed by atoms with van der Waals surface area (Å²) in [5.41, 5.74) is -0.277. The number of benzene rings is 2. The molecule has 0 spiro atoms. The molecule has 0 radical (unpaired) electrons. The first-order valence-electron chi connectivity index (χ1n) is 17.6. The summed E-state index contributed by atoms with van der Waals surface area (Å²) in [6, 6.07) is 9.17. The fraction of sp³-hybridized carbons (Fsp3) is 0.583. The Morgan fingerprint density at radius 1 is 0.960 bits per heavy atom. The summed E-state index contributed by atoms with van der Waals surface area (Å²) >= 11 is 4.57. The van der Waals surface area contributed by atoms with E-state index < -0.39 is 61.3 Å². The second kappa shape index (κ2) is 18.8. The molecule has 50 heavy (non-hydrogen) atoms. The molecule has 9 nitrogen and oxygen atoms in total. The van der Waals surface area contributed by atoms with Gasteiger partial charge in [-0.05, 0) is 74.9 Å². The Kier molecular flexibility index (Phi) is 14.5. The van der Waals surface area contributed by atoms with Crippen LogP contribution in [0.15, 0.2) is 51.8 Å². The average molecular weight is 798 g/mol. The van der Waals surface area contributed by atoms with Crippen LogP contribution < -0.4 is 10.6 Å². The predicted octanol–water partition coefficient (Wildman–Crippen LogP) is 8.61. The minimum absolute atomic E-state index is 0.100. The molecule has 3 fully saturated rings. The number of hydrogen-bond donors (Lipinski definition) is 2. The van der Waals surface area contributed by atoms with Crippen molar-refractivity contribution in [3.05, 3.63) is 64.1 Å². The largest absolute Gasteiger partial charge is 0.446 e. The molecule has 5 rings (SSSR count). The van der Waals surface area contributed by atoms with Gasteiger partial charge in [-0.25, -0.2) is 13.6 Å². The van der Waals surface area contributed by atoms with Crippen molar-refractivity contribution < 1.29 is 36.6 Å². The number of ether oxygens (including phenoxy) is 1. The van der Waals surface area contributed by atoms with E-state index in [1.807, 2.05) is 31.2 Å². The van der Waals surface area contributed by atoms with Crippen molar-refractivity contribution in [2.24, 2.45) is 5.92 Å². The van der Waals surface area contributed by atoms with Gasteiger partial charge in [0.05, 0.1) is 11.7 Å². The van der Waals surface area contributed by atoms with Gasteiger partial charge in [0.2, 0.25) is 17.6 Å². The van der Waals surface area contributed by atoms with Gasteiger partial charge in [0.1, 0.15) is 29.8 Å². The van der Waals surface area contributed by atoms with Crippen LogP contribution in [0.5, 0.6) is 0 Å². The van der Waals surface area contributed by atoms with E-state index in [1.54, 1.807) is 0 Å². The third kappa shape index (κ3) is 10.7. The second-order valence-electron chi connectivity index (χ2n) is 13.6. The summed E-state index contributed by atoms with van der Waals surface area (Å²) in [4.78, 5) is 43.8. The molecule has 2 saturated heterocycles. The standard InChI is InChI=1S/C36H45BrF2N3O6PS/c1-23-10-5-3-2-4-6-15-31(40-36(45)47-25-11-7-8-12-25)35(44)42-21-26(48-50-27-18-16-24(37)17-19-27)20-32(42)33(43)41-34(23)49(46)22-28-29(38)13-9-14-30(28)39/h9,13-14,16-19,23,25-26,31-32,34H,2-8,10-12,15,20-22H2,1H3,(H-,40,41,43,45)/p+1. The number of nitrogens with one attached hydrogen (secondary N) is 2. The minimum atomic E-state index is -2.34. The lowest BCUT2D eigenvalue weighted by Crippen LogP contribution is -2.55. The van der Waals surface area contributed by atoms with Crippen molar-refractivity contribution in [3.63, 3.8) is 0 Å². The van der Waals surface area contributed by atoms with Crippen LogP contribution in [0.3, 0.4) is 0 Å². The van der Waals surface area contributed by atoms with Crippen molar-refractivity contribution in [1.82, 2.24) is 15.5 Å². The van der Waals surface area contributed by atoms with Crippen LogP contribution in [-0.2, 0) is 29.2 Å². The van der Waals surface area contributed by atoms with Gasteiger partial charge in [-0.15, -0.1) is 0 Å². The summed E-state index contributed by atoms with van der Waals surface area (Å²) in [6.45, 7) is 1.99. The topological polar surface area (TPSA) is 114 Å². The zero-order valence-corrected chi connectivity index (χ0v) is 31.6. The van der Waals surface area contributed by atoms with Gasteiger partial charge >= 0.3 is 13.9 Å². The number of carbonyl (C=O) groups excluding carboxylic acids is 3. The number of carbonyl (C=O) groups is 3. The first kappa shape index (κ1) is 38.6. The van der Waals surface area contributed by atoms with Crippen LogP contribution in [0.2, 0.25) is 0 Å². The van der Waals surface area contributed by atoms with Gasteiger partial charge in [0, 0.05) is 40.3 Å². The summed E-state index contributed by atoms with van der Waals surface area (Å²) < 4.78 is 55.8. The van der Waals surface area contributed by atoms with E-state index in [0.29, 0.717) is 19.3 Å². The molecule has 2 heterocycles. The van der Waals surface area contributed by atoms with Gasteiger partial charge in [0.25, 0.3) is 0 Å². The summed E-state index contributed by atoms with van der Waals surface area (Å²) in [5, 5.41) is 5.76. The summed E-state index contributed by atoms with van der Waals surface area (Å²) in [7, 11) is -2.34. The quantitative estimate of drug-likeness (QED) is 0.203. The number of halogens is 3. The molecule has 2 aliphatic heterocycles. The Bertz CT molecular complexity index is 1480. The number of rotatable bonds is 8. The van der Waals surface area contributed by atoms with E-state index >= 15 is 0 Å².